The van der Waals surface area contributed by atoms with Crippen LogP contribution in [0.3, 0.4) is 0 Å². The Bertz CT molecular complexity index is 667. The van der Waals surface area contributed by atoms with Gasteiger partial charge in [0, 0.05) is 7.05 Å². The Morgan fingerprint density at radius 3 is 1.53 bits per heavy atom. The van der Waals surface area contributed by atoms with E-state index in [1.165, 1.54) is 11.9 Å². The van der Waals surface area contributed by atoms with Gasteiger partial charge in [-0.2, -0.15) is 0 Å². The SMILES string of the molecule is C.CC(C)(C)OC(=O)NC1(C(=O)O)CC1.CN(C(=O)OC(C)(C)C)C1(C(=O)O)CC1. The molecule has 10 heteroatoms. The van der Waals surface area contributed by atoms with Gasteiger partial charge in [-0.25, -0.2) is 19.2 Å². The van der Waals surface area contributed by atoms with Crippen molar-refractivity contribution < 1.29 is 38.9 Å². The maximum absolute atomic E-state index is 11.6. The summed E-state index contributed by atoms with van der Waals surface area (Å²) in [6.45, 7) is 10.4. The summed E-state index contributed by atoms with van der Waals surface area (Å²) < 4.78 is 10.0. The van der Waals surface area contributed by atoms with Crippen LogP contribution in [0.2, 0.25) is 0 Å². The van der Waals surface area contributed by atoms with Gasteiger partial charge in [-0.05, 0) is 67.2 Å². The van der Waals surface area contributed by atoms with Crippen molar-refractivity contribution in [2.75, 3.05) is 7.05 Å². The van der Waals surface area contributed by atoms with E-state index in [4.69, 9.17) is 19.7 Å². The van der Waals surface area contributed by atoms with Crippen LogP contribution in [-0.2, 0) is 19.1 Å². The van der Waals surface area contributed by atoms with Crippen LogP contribution in [0.1, 0.15) is 74.7 Å². The average Bonchev–Trinajstić information content (AvgIpc) is 3.38. The van der Waals surface area contributed by atoms with Crippen LogP contribution in [-0.4, -0.2) is 68.6 Å². The first-order valence-electron chi connectivity index (χ1n) is 9.39. The molecule has 0 aliphatic heterocycles. The number of alkyl carbamates (subject to hydrolysis) is 1. The lowest BCUT2D eigenvalue weighted by molar-refractivity contribution is -0.144. The van der Waals surface area contributed by atoms with Gasteiger partial charge in [0.05, 0.1) is 0 Å². The normalized spacial score (nSPS) is 17.7. The van der Waals surface area contributed by atoms with E-state index in [2.05, 4.69) is 5.32 Å². The number of amides is 2. The summed E-state index contributed by atoms with van der Waals surface area (Å²) in [7, 11) is 1.47. The van der Waals surface area contributed by atoms with Crippen LogP contribution in [0.5, 0.6) is 0 Å². The number of ether oxygens (including phenoxy) is 2. The number of likely N-dealkylation sites (N-methyl/N-ethyl adjacent to an activating group) is 1. The van der Waals surface area contributed by atoms with E-state index in [9.17, 15) is 19.2 Å². The fourth-order valence-electron chi connectivity index (χ4n) is 2.33. The highest BCUT2D eigenvalue weighted by atomic mass is 16.6. The minimum absolute atomic E-state index is 0. The molecule has 0 aromatic heterocycles. The first kappa shape index (κ1) is 27.5. The van der Waals surface area contributed by atoms with E-state index in [0.29, 0.717) is 25.7 Å². The van der Waals surface area contributed by atoms with Crippen molar-refractivity contribution in [1.82, 2.24) is 10.2 Å². The molecule has 0 bridgehead atoms. The number of carboxylic acid groups (broad SMARTS) is 2. The van der Waals surface area contributed by atoms with Gasteiger partial charge in [0.15, 0.2) is 0 Å². The molecule has 0 aromatic rings. The fourth-order valence-corrected chi connectivity index (χ4v) is 2.33. The molecule has 0 saturated heterocycles. The van der Waals surface area contributed by atoms with Crippen molar-refractivity contribution in [3.8, 4) is 0 Å². The van der Waals surface area contributed by atoms with E-state index in [-0.39, 0.29) is 7.43 Å². The number of carboxylic acids is 2. The lowest BCUT2D eigenvalue weighted by Gasteiger charge is -2.28. The van der Waals surface area contributed by atoms with Gasteiger partial charge in [-0.1, -0.05) is 7.43 Å². The number of aliphatic carboxylic acids is 2. The number of nitrogens with one attached hydrogen (secondary N) is 1. The van der Waals surface area contributed by atoms with Gasteiger partial charge >= 0.3 is 24.1 Å². The molecule has 2 rings (SSSR count). The van der Waals surface area contributed by atoms with E-state index < -0.39 is 46.4 Å². The zero-order valence-corrected chi connectivity index (χ0v) is 18.1. The van der Waals surface area contributed by atoms with Crippen LogP contribution in [0.15, 0.2) is 0 Å². The molecule has 3 N–H and O–H groups in total. The molecule has 2 fully saturated rings. The highest BCUT2D eigenvalue weighted by Gasteiger charge is 2.56. The standard InChI is InChI=1S/C10H17NO4.C9H15NO4.CH4/c1-9(2,3)15-8(14)11(4)10(5-6-10)7(12)13;1-8(2,3)14-7(13)10-9(4-5-9)6(11)12;/h5-6H2,1-4H3,(H,12,13);4-5H2,1-3H3,(H,10,13)(H,11,12);1H4. The highest BCUT2D eigenvalue weighted by Crippen LogP contribution is 2.41. The molecule has 0 radical (unpaired) electrons. The Morgan fingerprint density at radius 1 is 0.833 bits per heavy atom. The maximum Gasteiger partial charge on any atom is 0.410 e. The molecule has 2 amide bonds. The molecular weight excluding hydrogens is 396 g/mol. The van der Waals surface area contributed by atoms with Crippen molar-refractivity contribution in [3.05, 3.63) is 0 Å². The summed E-state index contributed by atoms with van der Waals surface area (Å²) in [6, 6.07) is 0. The largest absolute Gasteiger partial charge is 0.480 e. The number of rotatable bonds is 4. The van der Waals surface area contributed by atoms with Crippen molar-refractivity contribution in [2.24, 2.45) is 0 Å². The molecule has 0 atom stereocenters. The van der Waals surface area contributed by atoms with Crippen LogP contribution < -0.4 is 5.32 Å². The summed E-state index contributed by atoms with van der Waals surface area (Å²) in [6.07, 6.45) is 0.694. The molecule has 0 heterocycles. The summed E-state index contributed by atoms with van der Waals surface area (Å²) in [4.78, 5) is 45.7. The predicted molar refractivity (Wildman–Crippen MR) is 109 cm³/mol. The molecule has 0 aromatic carbocycles. The number of hydrogen-bond donors (Lipinski definition) is 3. The molecule has 30 heavy (non-hydrogen) atoms. The topological polar surface area (TPSA) is 142 Å². The number of nitrogens with zero attached hydrogens (tertiary/aromatic N) is 1. The van der Waals surface area contributed by atoms with E-state index >= 15 is 0 Å². The van der Waals surface area contributed by atoms with Crippen molar-refractivity contribution in [2.45, 2.75) is 96.9 Å². The quantitative estimate of drug-likeness (QED) is 0.614. The van der Waals surface area contributed by atoms with Gasteiger partial charge in [0.2, 0.25) is 0 Å². The average molecular weight is 433 g/mol. The summed E-state index contributed by atoms with van der Waals surface area (Å²) in [5.41, 5.74) is -3.29. The summed E-state index contributed by atoms with van der Waals surface area (Å²) >= 11 is 0. The molecule has 0 unspecified atom stereocenters. The molecule has 174 valence electrons. The van der Waals surface area contributed by atoms with Crippen molar-refractivity contribution >= 4 is 24.1 Å². The van der Waals surface area contributed by atoms with E-state index in [1.54, 1.807) is 41.5 Å². The molecular formula is C20H36N2O8. The van der Waals surface area contributed by atoms with Crippen LogP contribution in [0.25, 0.3) is 0 Å². The fraction of sp³-hybridized carbons (Fsp3) is 0.800. The molecule has 2 saturated carbocycles. The third-order valence-corrected chi connectivity index (χ3v) is 4.33. The Labute approximate surface area is 177 Å². The highest BCUT2D eigenvalue weighted by molar-refractivity contribution is 5.88. The zero-order valence-electron chi connectivity index (χ0n) is 18.1. The monoisotopic (exact) mass is 432 g/mol. The third-order valence-electron chi connectivity index (χ3n) is 4.33. The lowest BCUT2D eigenvalue weighted by atomic mass is 10.2. The number of carbonyl (C=O) groups excluding carboxylic acids is 2. The molecule has 10 nitrogen and oxygen atoms in total. The number of hydrogen-bond acceptors (Lipinski definition) is 6. The Kier molecular flexibility index (Phi) is 8.33. The Balaban J connectivity index is 0.000000544. The van der Waals surface area contributed by atoms with Gasteiger partial charge in [-0.15, -0.1) is 0 Å². The lowest BCUT2D eigenvalue weighted by Crippen LogP contribution is -2.46. The summed E-state index contributed by atoms with van der Waals surface area (Å²) in [5.74, 6) is -1.96. The van der Waals surface area contributed by atoms with E-state index in [0.717, 1.165) is 0 Å². The van der Waals surface area contributed by atoms with Crippen molar-refractivity contribution in [3.63, 3.8) is 0 Å². The van der Waals surface area contributed by atoms with E-state index in [1.807, 2.05) is 0 Å². The maximum atomic E-state index is 11.6. The van der Waals surface area contributed by atoms with Crippen LogP contribution >= 0.6 is 0 Å². The summed E-state index contributed by atoms with van der Waals surface area (Å²) in [5, 5.41) is 20.1. The second kappa shape index (κ2) is 9.09. The first-order chi connectivity index (χ1) is 12.9. The minimum atomic E-state index is -1.07. The van der Waals surface area contributed by atoms with Crippen LogP contribution in [0, 0.1) is 0 Å². The molecule has 2 aliphatic rings. The zero-order chi connectivity index (χ0) is 22.8. The van der Waals surface area contributed by atoms with Gasteiger partial charge < -0.3 is 25.0 Å². The molecule has 2 aliphatic carbocycles. The second-order valence-electron chi connectivity index (χ2n) is 9.39. The molecule has 0 spiro atoms. The van der Waals surface area contributed by atoms with Gasteiger partial charge in [0.25, 0.3) is 0 Å². The first-order valence-corrected chi connectivity index (χ1v) is 9.39. The van der Waals surface area contributed by atoms with Gasteiger partial charge in [0.1, 0.15) is 22.3 Å². The number of carbonyl (C=O) groups is 4. The minimum Gasteiger partial charge on any atom is -0.480 e. The van der Waals surface area contributed by atoms with Gasteiger partial charge in [-0.3, -0.25) is 4.90 Å². The predicted octanol–water partition coefficient (Wildman–Crippen LogP) is 3.23. The van der Waals surface area contributed by atoms with Crippen molar-refractivity contribution in [1.29, 1.82) is 0 Å². The van der Waals surface area contributed by atoms with Crippen LogP contribution in [0.4, 0.5) is 9.59 Å². The third kappa shape index (κ3) is 7.72. The smallest absolute Gasteiger partial charge is 0.410 e. The Morgan fingerprint density at radius 2 is 1.27 bits per heavy atom. The second-order valence-corrected chi connectivity index (χ2v) is 9.39. The Hall–Kier alpha value is -2.52.